The monoisotopic (exact) mass is 626 g/mol. The van der Waals surface area contributed by atoms with Crippen LogP contribution in [-0.4, -0.2) is 47.8 Å². The number of unbranched alkanes of at least 4 members (excludes halogenated alkanes) is 2. The molecule has 0 aliphatic carbocycles. The van der Waals surface area contributed by atoms with Crippen molar-refractivity contribution in [2.24, 2.45) is 4.99 Å². The highest BCUT2D eigenvalue weighted by molar-refractivity contribution is 7.94. The highest BCUT2D eigenvalue weighted by Crippen LogP contribution is 2.51. The van der Waals surface area contributed by atoms with Crippen molar-refractivity contribution in [3.05, 3.63) is 78.0 Å². The largest absolute Gasteiger partial charge is 0.344 e. The molecule has 0 bridgehead atoms. The third-order valence-electron chi connectivity index (χ3n) is 6.57. The van der Waals surface area contributed by atoms with Gasteiger partial charge >= 0.3 is 0 Å². The molecule has 11 nitrogen and oxygen atoms in total. The molecule has 0 radical (unpaired) electrons. The number of rotatable bonds is 18. The van der Waals surface area contributed by atoms with Crippen molar-refractivity contribution >= 4 is 51.8 Å². The Morgan fingerprint density at radius 1 is 1.00 bits per heavy atom. The summed E-state index contributed by atoms with van der Waals surface area (Å²) in [6.07, 6.45) is 10.7. The van der Waals surface area contributed by atoms with Gasteiger partial charge in [0.25, 0.3) is 10.1 Å². The molecule has 0 spiro atoms. The van der Waals surface area contributed by atoms with E-state index >= 15 is 0 Å². The molecule has 1 heterocycles. The molecule has 224 valence electrons. The Hall–Kier alpha value is -2.24. The summed E-state index contributed by atoms with van der Waals surface area (Å²) >= 11 is 1.88. The second-order valence-corrected chi connectivity index (χ2v) is 12.5. The van der Waals surface area contributed by atoms with Gasteiger partial charge in [-0.05, 0) is 80.7 Å². The Bertz CT molecular complexity index is 1290. The van der Waals surface area contributed by atoms with Gasteiger partial charge in [0.15, 0.2) is 0 Å². The second kappa shape index (κ2) is 17.0. The van der Waals surface area contributed by atoms with Gasteiger partial charge in [-0.15, -0.1) is 8.67 Å². The van der Waals surface area contributed by atoms with Crippen molar-refractivity contribution in [1.29, 1.82) is 0 Å². The predicted octanol–water partition coefficient (Wildman–Crippen LogP) is 6.94. The quantitative estimate of drug-likeness (QED) is 0.0393. The summed E-state index contributed by atoms with van der Waals surface area (Å²) in [6, 6.07) is 15.4. The van der Waals surface area contributed by atoms with E-state index < -0.39 is 15.5 Å². The molecule has 1 aliphatic heterocycles. The number of nitrogens with zero attached hydrogens (tertiary/aromatic N) is 2. The smallest absolute Gasteiger partial charge is 0.264 e. The molecule has 3 rings (SSSR count). The maximum atomic E-state index is 11.3. The van der Waals surface area contributed by atoms with Crippen LogP contribution in [0.1, 0.15) is 44.6 Å². The van der Waals surface area contributed by atoms with Gasteiger partial charge in [-0.1, -0.05) is 40.8 Å². The second-order valence-electron chi connectivity index (χ2n) is 9.35. The minimum Gasteiger partial charge on any atom is -0.344 e. The molecule has 1 aliphatic rings. The number of aliphatic imine (C=N–C) groups is 1. The van der Waals surface area contributed by atoms with Gasteiger partial charge in [-0.25, -0.2) is 10.5 Å². The Morgan fingerprint density at radius 2 is 1.78 bits per heavy atom. The molecule has 41 heavy (non-hydrogen) atoms. The summed E-state index contributed by atoms with van der Waals surface area (Å²) < 4.78 is 41.0. The Balaban J connectivity index is 1.92. The number of allylic oxidation sites excluding steroid dienone is 4. The molecular formula is C27H34N2O9S3. The first-order chi connectivity index (χ1) is 19.8. The fourth-order valence-corrected chi connectivity index (χ4v) is 6.13. The molecule has 2 aromatic rings. The molecule has 0 fully saturated rings. The average Bonchev–Trinajstić information content (AvgIpc) is 3.18. The maximum absolute atomic E-state index is 11.3. The van der Waals surface area contributed by atoms with Gasteiger partial charge < -0.3 is 4.90 Å². The first kappa shape index (κ1) is 33.3. The fourth-order valence-electron chi connectivity index (χ4n) is 4.73. The standard InChI is InChI=1S/C27H34N2O9S3/c1-27(16-6-10-20-41(32,33)34)24-21-23(40-38-36-31)14-15-25(24)29(18-8-9-19-39-37-35-30)26(27)13-5-7-17-28-22-11-3-2-4-12-22/h2-5,7,11-15,17,21,30-31H,6,8-10,16,18-20H2,1H3,(H,32,33,34). The number of para-hydroxylation sites is 1. The number of anilines is 1. The maximum Gasteiger partial charge on any atom is 0.264 e. The van der Waals surface area contributed by atoms with Crippen LogP contribution in [0.25, 0.3) is 0 Å². The van der Waals surface area contributed by atoms with Gasteiger partial charge in [0.05, 0.1) is 23.5 Å². The van der Waals surface area contributed by atoms with Crippen LogP contribution in [0.5, 0.6) is 0 Å². The van der Waals surface area contributed by atoms with Gasteiger partial charge in [0.2, 0.25) is 0 Å². The molecule has 0 saturated heterocycles. The van der Waals surface area contributed by atoms with Gasteiger partial charge in [-0.3, -0.25) is 9.55 Å². The van der Waals surface area contributed by atoms with Crippen molar-refractivity contribution in [2.45, 2.75) is 49.3 Å². The van der Waals surface area contributed by atoms with E-state index in [1.165, 1.54) is 0 Å². The van der Waals surface area contributed by atoms with Gasteiger partial charge in [-0.2, -0.15) is 8.42 Å². The van der Waals surface area contributed by atoms with E-state index in [-0.39, 0.29) is 5.75 Å². The van der Waals surface area contributed by atoms with Gasteiger partial charge in [0.1, 0.15) is 0 Å². The summed E-state index contributed by atoms with van der Waals surface area (Å²) in [5.74, 6) is 0.320. The third kappa shape index (κ3) is 10.5. The third-order valence-corrected chi connectivity index (χ3v) is 8.56. The zero-order chi connectivity index (χ0) is 29.6. The van der Waals surface area contributed by atoms with Crippen LogP contribution >= 0.6 is 24.1 Å². The fraction of sp³-hybridized carbons (Fsp3) is 0.370. The summed E-state index contributed by atoms with van der Waals surface area (Å²) in [5, 5.41) is 24.4. The first-order valence-electron chi connectivity index (χ1n) is 12.9. The zero-order valence-corrected chi connectivity index (χ0v) is 24.9. The van der Waals surface area contributed by atoms with E-state index in [2.05, 4.69) is 35.6 Å². The minimum atomic E-state index is -4.05. The number of hydrogen-bond donors (Lipinski definition) is 3. The van der Waals surface area contributed by atoms with E-state index in [0.717, 1.165) is 59.6 Å². The SMILES string of the molecule is CC1(CCCCS(=O)(=O)O)C(=CC=CC=Nc2ccccc2)N(CCCCSOOO)c2ccc(SOOO)cc21. The van der Waals surface area contributed by atoms with E-state index in [4.69, 9.17) is 10.5 Å². The first-order valence-corrected chi connectivity index (χ1v) is 16.1. The summed E-state index contributed by atoms with van der Waals surface area (Å²) in [7, 11) is -4.05. The molecule has 1 atom stereocenters. The highest BCUT2D eigenvalue weighted by Gasteiger charge is 2.43. The van der Waals surface area contributed by atoms with Crippen LogP contribution in [0, 0.1) is 0 Å². The summed E-state index contributed by atoms with van der Waals surface area (Å²) in [5.41, 5.74) is 3.37. The summed E-state index contributed by atoms with van der Waals surface area (Å²) in [4.78, 5) is 7.40. The molecule has 0 aromatic heterocycles. The van der Waals surface area contributed by atoms with Crippen LogP contribution in [0.2, 0.25) is 0 Å². The topological polar surface area (TPSA) is 147 Å². The molecule has 2 aromatic carbocycles. The summed E-state index contributed by atoms with van der Waals surface area (Å²) in [6.45, 7) is 2.80. The van der Waals surface area contributed by atoms with Crippen LogP contribution in [-0.2, 0) is 34.3 Å². The van der Waals surface area contributed by atoms with E-state index in [0.29, 0.717) is 36.5 Å². The lowest BCUT2D eigenvalue weighted by molar-refractivity contribution is -0.432. The average molecular weight is 627 g/mol. The molecule has 0 amide bonds. The van der Waals surface area contributed by atoms with Crippen LogP contribution < -0.4 is 4.90 Å². The Labute approximate surface area is 248 Å². The number of fused-ring (bicyclic) bond motifs is 1. The lowest BCUT2D eigenvalue weighted by Gasteiger charge is -2.30. The van der Waals surface area contributed by atoms with Crippen LogP contribution in [0.4, 0.5) is 11.4 Å². The van der Waals surface area contributed by atoms with Gasteiger partial charge in [0, 0.05) is 52.2 Å². The van der Waals surface area contributed by atoms with E-state index in [1.807, 2.05) is 66.8 Å². The van der Waals surface area contributed by atoms with Crippen LogP contribution in [0.3, 0.4) is 0 Å². The lowest BCUT2D eigenvalue weighted by Crippen LogP contribution is -2.29. The normalized spacial score (nSPS) is 18.2. The van der Waals surface area contributed by atoms with Crippen molar-refractivity contribution in [1.82, 2.24) is 0 Å². The molecular weight excluding hydrogens is 593 g/mol. The van der Waals surface area contributed by atoms with Crippen molar-refractivity contribution < 1.29 is 42.2 Å². The van der Waals surface area contributed by atoms with Crippen molar-refractivity contribution in [3.63, 3.8) is 0 Å². The molecule has 3 N–H and O–H groups in total. The highest BCUT2D eigenvalue weighted by atomic mass is 32.2. The van der Waals surface area contributed by atoms with E-state index in [9.17, 15) is 13.0 Å². The Morgan fingerprint density at radius 3 is 2.51 bits per heavy atom. The predicted molar refractivity (Wildman–Crippen MR) is 160 cm³/mol. The minimum absolute atomic E-state index is 0.302. The molecule has 1 unspecified atom stereocenters. The zero-order valence-electron chi connectivity index (χ0n) is 22.5. The van der Waals surface area contributed by atoms with Crippen molar-refractivity contribution in [3.8, 4) is 0 Å². The number of benzene rings is 2. The van der Waals surface area contributed by atoms with Crippen molar-refractivity contribution in [2.75, 3.05) is 23.0 Å². The molecule has 14 heteroatoms. The molecule has 0 saturated carbocycles. The van der Waals surface area contributed by atoms with Crippen LogP contribution in [0.15, 0.2) is 82.3 Å². The van der Waals surface area contributed by atoms with E-state index in [1.54, 1.807) is 6.21 Å². The lowest BCUT2D eigenvalue weighted by atomic mass is 9.77. The number of hydrogen-bond acceptors (Lipinski definition) is 12. The Kier molecular flexibility index (Phi) is 13.8.